The van der Waals surface area contributed by atoms with Gasteiger partial charge >= 0.3 is 0 Å². The van der Waals surface area contributed by atoms with Crippen LogP contribution in [0.5, 0.6) is 11.5 Å². The van der Waals surface area contributed by atoms with Gasteiger partial charge in [-0.2, -0.15) is 0 Å². The van der Waals surface area contributed by atoms with Gasteiger partial charge in [0.15, 0.2) is 16.6 Å². The number of nitrogens with one attached hydrogen (secondary N) is 1. The van der Waals surface area contributed by atoms with Gasteiger partial charge in [-0.05, 0) is 12.8 Å². The molecule has 1 aliphatic carbocycles. The van der Waals surface area contributed by atoms with Crippen molar-refractivity contribution in [1.29, 1.82) is 0 Å². The Morgan fingerprint density at radius 2 is 2.00 bits per heavy atom. The van der Waals surface area contributed by atoms with Gasteiger partial charge in [-0.15, -0.1) is 0 Å². The topological polar surface area (TPSA) is 43.4 Å². The molecule has 0 bridgehead atoms. The van der Waals surface area contributed by atoms with Crippen LogP contribution in [-0.2, 0) is 0 Å². The van der Waals surface area contributed by atoms with Crippen molar-refractivity contribution < 1.29 is 9.47 Å². The zero-order valence-electron chi connectivity index (χ0n) is 11.7. The summed E-state index contributed by atoms with van der Waals surface area (Å²) in [5.41, 5.74) is 0.809. The molecule has 0 unspecified atom stereocenters. The quantitative estimate of drug-likeness (QED) is 0.885. The van der Waals surface area contributed by atoms with Crippen molar-refractivity contribution >= 4 is 38.3 Å². The molecule has 1 saturated carbocycles. The second-order valence-corrected chi connectivity index (χ2v) is 6.96. The Hall–Kier alpha value is -1.20. The van der Waals surface area contributed by atoms with Gasteiger partial charge in [0.05, 0.1) is 5.02 Å². The third-order valence-electron chi connectivity index (χ3n) is 4.06. The zero-order valence-corrected chi connectivity index (χ0v) is 13.2. The first-order valence-corrected chi connectivity index (χ1v) is 8.66. The number of rotatable bonds is 2. The molecule has 1 fully saturated rings. The lowest BCUT2D eigenvalue weighted by molar-refractivity contribution is 0.174. The number of hydrogen-bond acceptors (Lipinski definition) is 5. The van der Waals surface area contributed by atoms with Gasteiger partial charge in [-0.3, -0.25) is 0 Å². The van der Waals surface area contributed by atoms with Crippen molar-refractivity contribution in [2.24, 2.45) is 0 Å². The summed E-state index contributed by atoms with van der Waals surface area (Å²) in [5.74, 6) is 1.52. The number of anilines is 1. The van der Waals surface area contributed by atoms with E-state index >= 15 is 0 Å². The van der Waals surface area contributed by atoms with Gasteiger partial charge < -0.3 is 14.8 Å². The summed E-state index contributed by atoms with van der Waals surface area (Å²) < 4.78 is 12.4. The number of hydrogen-bond donors (Lipinski definition) is 1. The normalized spacial score (nSPS) is 18.9. The van der Waals surface area contributed by atoms with Crippen LogP contribution in [0, 0.1) is 0 Å². The minimum Gasteiger partial charge on any atom is -0.486 e. The molecule has 6 heteroatoms. The maximum Gasteiger partial charge on any atom is 0.184 e. The van der Waals surface area contributed by atoms with Gasteiger partial charge in [0.1, 0.15) is 23.4 Å². The van der Waals surface area contributed by atoms with E-state index in [1.807, 2.05) is 6.07 Å². The lowest BCUT2D eigenvalue weighted by Gasteiger charge is -2.22. The molecule has 1 aromatic carbocycles. The molecule has 4 nitrogen and oxygen atoms in total. The molecular formula is C15H17ClN2O2S. The van der Waals surface area contributed by atoms with Crippen LogP contribution in [-0.4, -0.2) is 24.2 Å². The molecule has 1 N–H and O–H groups in total. The van der Waals surface area contributed by atoms with E-state index in [0.29, 0.717) is 24.3 Å². The van der Waals surface area contributed by atoms with Crippen molar-refractivity contribution in [2.45, 2.75) is 38.1 Å². The molecule has 4 rings (SSSR count). The summed E-state index contributed by atoms with van der Waals surface area (Å²) in [4.78, 5) is 4.65. The van der Waals surface area contributed by atoms with Gasteiger partial charge in [0.2, 0.25) is 0 Å². The highest BCUT2D eigenvalue weighted by Crippen LogP contribution is 2.45. The van der Waals surface area contributed by atoms with Crippen LogP contribution in [0.1, 0.15) is 32.1 Å². The van der Waals surface area contributed by atoms with Crippen molar-refractivity contribution in [1.82, 2.24) is 4.98 Å². The fraction of sp³-hybridized carbons (Fsp3) is 0.533. The van der Waals surface area contributed by atoms with Gasteiger partial charge in [-0.25, -0.2) is 4.98 Å². The van der Waals surface area contributed by atoms with Gasteiger partial charge in [0.25, 0.3) is 0 Å². The SMILES string of the molecule is Clc1cc2c(c3sc(NC4CCCCC4)nc13)OCCO2. The van der Waals surface area contributed by atoms with E-state index in [9.17, 15) is 0 Å². The van der Waals surface area contributed by atoms with Gasteiger partial charge in [-0.1, -0.05) is 42.2 Å². The molecule has 2 aliphatic rings. The highest BCUT2D eigenvalue weighted by molar-refractivity contribution is 7.22. The maximum absolute atomic E-state index is 6.33. The Labute approximate surface area is 132 Å². The average molecular weight is 325 g/mol. The smallest absolute Gasteiger partial charge is 0.184 e. The van der Waals surface area contributed by atoms with Crippen LogP contribution in [0.2, 0.25) is 5.02 Å². The monoisotopic (exact) mass is 324 g/mol. The maximum atomic E-state index is 6.33. The van der Waals surface area contributed by atoms with E-state index in [-0.39, 0.29) is 0 Å². The second-order valence-electron chi connectivity index (χ2n) is 5.56. The third-order valence-corrected chi connectivity index (χ3v) is 5.33. The van der Waals surface area contributed by atoms with Crippen molar-refractivity contribution in [3.8, 4) is 11.5 Å². The molecule has 21 heavy (non-hydrogen) atoms. The summed E-state index contributed by atoms with van der Waals surface area (Å²) >= 11 is 7.94. The fourth-order valence-electron chi connectivity index (χ4n) is 3.02. The summed E-state index contributed by atoms with van der Waals surface area (Å²) in [6.07, 6.45) is 6.40. The Bertz CT molecular complexity index is 667. The number of ether oxygens (including phenoxy) is 2. The van der Waals surface area contributed by atoms with E-state index in [0.717, 1.165) is 26.8 Å². The minimum atomic E-state index is 0.533. The number of benzene rings is 1. The molecule has 0 radical (unpaired) electrons. The average Bonchev–Trinajstić information content (AvgIpc) is 2.93. The first-order valence-electron chi connectivity index (χ1n) is 7.46. The predicted molar refractivity (Wildman–Crippen MR) is 86.1 cm³/mol. The standard InChI is InChI=1S/C15H17ClN2O2S/c16-10-8-11-13(20-7-6-19-11)14-12(10)18-15(21-14)17-9-4-2-1-3-5-9/h8-9H,1-7H2,(H,17,18). The molecule has 0 saturated heterocycles. The fourth-order valence-corrected chi connectivity index (χ4v) is 4.37. The van der Waals surface area contributed by atoms with Crippen LogP contribution >= 0.6 is 22.9 Å². The molecule has 2 heterocycles. The van der Waals surface area contributed by atoms with Crippen LogP contribution in [0.15, 0.2) is 6.07 Å². The van der Waals surface area contributed by atoms with E-state index in [2.05, 4.69) is 10.3 Å². The molecule has 2 aromatic rings. The number of fused-ring (bicyclic) bond motifs is 3. The minimum absolute atomic E-state index is 0.533. The summed E-state index contributed by atoms with van der Waals surface area (Å²) in [6, 6.07) is 2.34. The predicted octanol–water partition coefficient (Wildman–Crippen LogP) is 4.47. The molecule has 0 spiro atoms. The van der Waals surface area contributed by atoms with Crippen LogP contribution < -0.4 is 14.8 Å². The highest BCUT2D eigenvalue weighted by atomic mass is 35.5. The first kappa shape index (κ1) is 13.5. The molecule has 0 amide bonds. The Balaban J connectivity index is 1.70. The van der Waals surface area contributed by atoms with Crippen molar-refractivity contribution in [3.63, 3.8) is 0 Å². The molecule has 1 aliphatic heterocycles. The van der Waals surface area contributed by atoms with E-state index in [1.165, 1.54) is 32.1 Å². The summed E-state index contributed by atoms with van der Waals surface area (Å²) in [7, 11) is 0. The largest absolute Gasteiger partial charge is 0.486 e. The van der Waals surface area contributed by atoms with Crippen LogP contribution in [0.4, 0.5) is 5.13 Å². The van der Waals surface area contributed by atoms with E-state index in [4.69, 9.17) is 21.1 Å². The lowest BCUT2D eigenvalue weighted by atomic mass is 9.96. The van der Waals surface area contributed by atoms with Crippen LogP contribution in [0.3, 0.4) is 0 Å². The second kappa shape index (κ2) is 5.54. The highest BCUT2D eigenvalue weighted by Gasteiger charge is 2.22. The molecular weight excluding hydrogens is 308 g/mol. The van der Waals surface area contributed by atoms with Gasteiger partial charge in [0, 0.05) is 12.1 Å². The number of aromatic nitrogens is 1. The summed E-state index contributed by atoms with van der Waals surface area (Å²) in [6.45, 7) is 1.15. The van der Waals surface area contributed by atoms with Crippen LogP contribution in [0.25, 0.3) is 10.2 Å². The Morgan fingerprint density at radius 3 is 2.86 bits per heavy atom. The molecule has 112 valence electrons. The number of halogens is 1. The number of thiazole rings is 1. The van der Waals surface area contributed by atoms with E-state index < -0.39 is 0 Å². The zero-order chi connectivity index (χ0) is 14.2. The van der Waals surface area contributed by atoms with E-state index in [1.54, 1.807) is 11.3 Å². The number of nitrogens with zero attached hydrogens (tertiary/aromatic N) is 1. The Kier molecular flexibility index (Phi) is 3.55. The van der Waals surface area contributed by atoms with Crippen molar-refractivity contribution in [2.75, 3.05) is 18.5 Å². The lowest BCUT2D eigenvalue weighted by Crippen LogP contribution is -2.21. The Morgan fingerprint density at radius 1 is 1.19 bits per heavy atom. The molecule has 0 atom stereocenters. The van der Waals surface area contributed by atoms with Crippen molar-refractivity contribution in [3.05, 3.63) is 11.1 Å². The summed E-state index contributed by atoms with van der Waals surface area (Å²) in [5, 5.41) is 5.12. The third kappa shape index (κ3) is 2.53. The first-order chi connectivity index (χ1) is 10.3. The molecule has 1 aromatic heterocycles.